The maximum atomic E-state index is 12.3. The number of primary amides is 1. The Hall–Kier alpha value is -3.35. The molecule has 2 amide bonds. The summed E-state index contributed by atoms with van der Waals surface area (Å²) < 4.78 is 11.4. The largest absolute Gasteiger partial charge is 0.457 e. The van der Waals surface area contributed by atoms with Gasteiger partial charge in [0.15, 0.2) is 5.58 Å². The summed E-state index contributed by atoms with van der Waals surface area (Å²) in [7, 11) is 0. The molecule has 0 aliphatic carbocycles. The zero-order chi connectivity index (χ0) is 18.8. The van der Waals surface area contributed by atoms with E-state index < -0.39 is 17.9 Å². The minimum absolute atomic E-state index is 0.0557. The van der Waals surface area contributed by atoms with Crippen LogP contribution in [0.15, 0.2) is 50.0 Å². The summed E-state index contributed by atoms with van der Waals surface area (Å²) >= 11 is 0. The highest BCUT2D eigenvalue weighted by Gasteiger charge is 2.23. The van der Waals surface area contributed by atoms with Crippen molar-refractivity contribution < 1.29 is 18.4 Å². The van der Waals surface area contributed by atoms with Gasteiger partial charge in [-0.05, 0) is 13.8 Å². The fraction of sp³-hybridized carbons (Fsp3) is 0.211. The molecule has 7 heteroatoms. The van der Waals surface area contributed by atoms with E-state index in [1.165, 1.54) is 13.0 Å². The molecule has 134 valence electrons. The second-order valence-corrected chi connectivity index (χ2v) is 6.02. The van der Waals surface area contributed by atoms with Crippen molar-refractivity contribution in [2.45, 2.75) is 26.3 Å². The predicted molar refractivity (Wildman–Crippen MR) is 95.4 cm³/mol. The van der Waals surface area contributed by atoms with Crippen molar-refractivity contribution in [1.29, 1.82) is 0 Å². The lowest BCUT2D eigenvalue weighted by atomic mass is 10.1. The first-order chi connectivity index (χ1) is 12.4. The molecule has 3 N–H and O–H groups in total. The number of nitrogens with two attached hydrogens (primary N) is 1. The number of carbonyl (C=O) groups excluding carboxylic acids is 2. The van der Waals surface area contributed by atoms with Crippen LogP contribution in [0.4, 0.5) is 0 Å². The Labute approximate surface area is 148 Å². The van der Waals surface area contributed by atoms with Gasteiger partial charge in [-0.25, -0.2) is 0 Å². The van der Waals surface area contributed by atoms with Crippen LogP contribution in [0.5, 0.6) is 0 Å². The molecule has 26 heavy (non-hydrogen) atoms. The van der Waals surface area contributed by atoms with Crippen LogP contribution < -0.4 is 16.5 Å². The number of rotatable bonds is 5. The summed E-state index contributed by atoms with van der Waals surface area (Å²) in [5.41, 5.74) is 6.30. The van der Waals surface area contributed by atoms with E-state index in [4.69, 9.17) is 14.6 Å². The van der Waals surface area contributed by atoms with Gasteiger partial charge in [-0.2, -0.15) is 0 Å². The number of amides is 2. The topological polar surface area (TPSA) is 116 Å². The molecule has 1 unspecified atom stereocenters. The molecule has 0 saturated carbocycles. The van der Waals surface area contributed by atoms with Crippen molar-refractivity contribution in [3.8, 4) is 11.3 Å². The minimum Gasteiger partial charge on any atom is -0.457 e. The van der Waals surface area contributed by atoms with Crippen LogP contribution in [0.1, 0.15) is 18.2 Å². The van der Waals surface area contributed by atoms with E-state index in [0.29, 0.717) is 22.6 Å². The Balaban J connectivity index is 2.11. The lowest BCUT2D eigenvalue weighted by Gasteiger charge is -2.10. The molecule has 1 atom stereocenters. The number of aryl methyl sites for hydroxylation is 1. The van der Waals surface area contributed by atoms with Crippen LogP contribution in [0, 0.1) is 6.92 Å². The maximum absolute atomic E-state index is 12.3. The van der Waals surface area contributed by atoms with Crippen LogP contribution in [0.2, 0.25) is 0 Å². The molecule has 0 fully saturated rings. The molecule has 0 saturated heterocycles. The van der Waals surface area contributed by atoms with Crippen LogP contribution >= 0.6 is 0 Å². The summed E-state index contributed by atoms with van der Waals surface area (Å²) in [6.07, 6.45) is -0.124. The van der Waals surface area contributed by atoms with Gasteiger partial charge in [0.05, 0.1) is 12.0 Å². The Morgan fingerprint density at radius 3 is 2.50 bits per heavy atom. The van der Waals surface area contributed by atoms with E-state index in [9.17, 15) is 14.4 Å². The SMILES string of the molecule is Cc1cc(=O)c2oc(-c3ccccc3)c(CC(=O)NC(C)C(N)=O)c2o1. The number of nitrogens with one attached hydrogen (secondary N) is 1. The molecular formula is C19H18N2O5. The lowest BCUT2D eigenvalue weighted by Crippen LogP contribution is -2.42. The number of hydrogen-bond acceptors (Lipinski definition) is 5. The molecule has 2 aromatic heterocycles. The molecule has 0 aliphatic rings. The Bertz CT molecular complexity index is 1030. The quantitative estimate of drug-likeness (QED) is 0.726. The summed E-state index contributed by atoms with van der Waals surface area (Å²) in [5.74, 6) is -0.273. The molecule has 3 aromatic rings. The van der Waals surface area contributed by atoms with Crippen molar-refractivity contribution in [2.75, 3.05) is 0 Å². The highest BCUT2D eigenvalue weighted by atomic mass is 16.4. The van der Waals surface area contributed by atoms with Crippen molar-refractivity contribution in [2.24, 2.45) is 5.73 Å². The Morgan fingerprint density at radius 2 is 1.85 bits per heavy atom. The van der Waals surface area contributed by atoms with Crippen LogP contribution in [-0.2, 0) is 16.0 Å². The first kappa shape index (κ1) is 17.5. The fourth-order valence-electron chi connectivity index (χ4n) is 2.67. The number of carbonyl (C=O) groups is 2. The molecule has 1 aromatic carbocycles. The summed E-state index contributed by atoms with van der Waals surface area (Å²) in [5, 5.41) is 2.52. The normalized spacial score (nSPS) is 12.1. The van der Waals surface area contributed by atoms with Crippen molar-refractivity contribution >= 4 is 23.0 Å². The van der Waals surface area contributed by atoms with Gasteiger partial charge in [-0.3, -0.25) is 14.4 Å². The first-order valence-corrected chi connectivity index (χ1v) is 8.07. The predicted octanol–water partition coefficient (Wildman–Crippen LogP) is 1.89. The molecule has 3 rings (SSSR count). The van der Waals surface area contributed by atoms with Gasteiger partial charge in [0.25, 0.3) is 0 Å². The number of furan rings is 1. The van der Waals surface area contributed by atoms with E-state index in [2.05, 4.69) is 5.32 Å². The second-order valence-electron chi connectivity index (χ2n) is 6.02. The summed E-state index contributed by atoms with van der Waals surface area (Å²) in [6.45, 7) is 3.14. The number of hydrogen-bond donors (Lipinski definition) is 2. The van der Waals surface area contributed by atoms with E-state index in [0.717, 1.165) is 0 Å². The highest BCUT2D eigenvalue weighted by Crippen LogP contribution is 2.33. The molecular weight excluding hydrogens is 336 g/mol. The summed E-state index contributed by atoms with van der Waals surface area (Å²) in [4.78, 5) is 35.7. The molecule has 0 spiro atoms. The fourth-order valence-corrected chi connectivity index (χ4v) is 2.67. The average molecular weight is 354 g/mol. The third-order valence-electron chi connectivity index (χ3n) is 3.96. The van der Waals surface area contributed by atoms with Gasteiger partial charge >= 0.3 is 0 Å². The van der Waals surface area contributed by atoms with Crippen LogP contribution in [0.25, 0.3) is 22.5 Å². The molecule has 0 bridgehead atoms. The molecule has 2 heterocycles. The van der Waals surface area contributed by atoms with Gasteiger partial charge in [-0.1, -0.05) is 30.3 Å². The van der Waals surface area contributed by atoms with Gasteiger partial charge in [0.2, 0.25) is 22.8 Å². The van der Waals surface area contributed by atoms with Crippen molar-refractivity contribution in [1.82, 2.24) is 5.32 Å². The van der Waals surface area contributed by atoms with Gasteiger partial charge in [0, 0.05) is 11.6 Å². The third kappa shape index (κ3) is 3.37. The molecule has 0 aliphatic heterocycles. The smallest absolute Gasteiger partial charge is 0.239 e. The van der Waals surface area contributed by atoms with Crippen LogP contribution in [-0.4, -0.2) is 17.9 Å². The monoisotopic (exact) mass is 354 g/mol. The van der Waals surface area contributed by atoms with E-state index in [1.807, 2.05) is 30.3 Å². The summed E-state index contributed by atoms with van der Waals surface area (Å²) in [6, 6.07) is 9.63. The number of fused-ring (bicyclic) bond motifs is 1. The van der Waals surface area contributed by atoms with Gasteiger partial charge in [0.1, 0.15) is 17.6 Å². The van der Waals surface area contributed by atoms with Crippen LogP contribution in [0.3, 0.4) is 0 Å². The van der Waals surface area contributed by atoms with Gasteiger partial charge in [-0.15, -0.1) is 0 Å². The minimum atomic E-state index is -0.811. The zero-order valence-electron chi connectivity index (χ0n) is 14.4. The first-order valence-electron chi connectivity index (χ1n) is 8.07. The lowest BCUT2D eigenvalue weighted by molar-refractivity contribution is -0.126. The second kappa shape index (κ2) is 6.87. The van der Waals surface area contributed by atoms with Gasteiger partial charge < -0.3 is 19.9 Å². The highest BCUT2D eigenvalue weighted by molar-refractivity contribution is 5.92. The maximum Gasteiger partial charge on any atom is 0.239 e. The molecule has 0 radical (unpaired) electrons. The molecule has 7 nitrogen and oxygen atoms in total. The average Bonchev–Trinajstić information content (AvgIpc) is 2.94. The Morgan fingerprint density at radius 1 is 1.15 bits per heavy atom. The number of benzene rings is 1. The standard InChI is InChI=1S/C19H18N2O5/c1-10-8-14(22)18-17(25-10)13(9-15(23)21-11(2)19(20)24)16(26-18)12-6-4-3-5-7-12/h3-8,11H,9H2,1-2H3,(H2,20,24)(H,21,23). The third-order valence-corrected chi connectivity index (χ3v) is 3.96. The Kier molecular flexibility index (Phi) is 4.62. The van der Waals surface area contributed by atoms with Crippen molar-refractivity contribution in [3.63, 3.8) is 0 Å². The zero-order valence-corrected chi connectivity index (χ0v) is 14.4. The van der Waals surface area contributed by atoms with E-state index in [1.54, 1.807) is 6.92 Å². The van der Waals surface area contributed by atoms with E-state index in [-0.39, 0.29) is 23.0 Å². The van der Waals surface area contributed by atoms with Crippen molar-refractivity contribution in [3.05, 3.63) is 57.9 Å². The van der Waals surface area contributed by atoms with E-state index >= 15 is 0 Å².